The van der Waals surface area contributed by atoms with E-state index in [4.69, 9.17) is 19.9 Å². The summed E-state index contributed by atoms with van der Waals surface area (Å²) in [4.78, 5) is 32.4. The molecule has 8 aromatic rings. The predicted octanol–water partition coefficient (Wildman–Crippen LogP) is 11.2. The number of pyridine rings is 2. The van der Waals surface area contributed by atoms with Crippen LogP contribution in [0.15, 0.2) is 164 Å². The Kier molecular flexibility index (Phi) is 9.35. The van der Waals surface area contributed by atoms with Crippen molar-refractivity contribution < 1.29 is 21.1 Å². The van der Waals surface area contributed by atoms with Crippen LogP contribution in [0.25, 0.3) is 79.8 Å². The third-order valence-corrected chi connectivity index (χ3v) is 9.83. The van der Waals surface area contributed by atoms with Crippen LogP contribution in [0, 0.1) is 0 Å². The molecule has 268 valence electrons. The van der Waals surface area contributed by atoms with Gasteiger partial charge in [0, 0.05) is 36.2 Å². The van der Waals surface area contributed by atoms with Gasteiger partial charge in [0.2, 0.25) is 0 Å². The van der Waals surface area contributed by atoms with E-state index in [9.17, 15) is 0 Å². The van der Waals surface area contributed by atoms with E-state index in [0.29, 0.717) is 0 Å². The molecule has 0 aliphatic carbocycles. The van der Waals surface area contributed by atoms with Crippen molar-refractivity contribution in [2.45, 2.75) is 0 Å². The Hall–Kier alpha value is -6.95. The molecule has 7 heterocycles. The number of para-hydroxylation sites is 2. The maximum Gasteiger partial charge on any atom is 2.00 e. The normalized spacial score (nSPS) is 11.6. The first-order valence-corrected chi connectivity index (χ1v) is 18.1. The molecule has 0 fully saturated rings. The first-order chi connectivity index (χ1) is 27.3. The monoisotopic (exact) mass is 900 g/mol. The van der Waals surface area contributed by atoms with E-state index in [1.165, 1.54) is 0 Å². The maximum atomic E-state index is 5.43. The Balaban J connectivity index is 0.00000410. The molecule has 0 N–H and O–H groups in total. The van der Waals surface area contributed by atoms with Crippen molar-refractivity contribution >= 4 is 63.4 Å². The van der Waals surface area contributed by atoms with Gasteiger partial charge in [0.1, 0.15) is 0 Å². The second kappa shape index (κ2) is 15.1. The van der Waals surface area contributed by atoms with E-state index in [0.717, 1.165) is 95.3 Å². The molecule has 10 rings (SSSR count). The van der Waals surface area contributed by atoms with Crippen molar-refractivity contribution in [2.24, 2.45) is 0 Å². The summed E-state index contributed by atoms with van der Waals surface area (Å²) in [6, 6.07) is 47.4. The minimum atomic E-state index is 0. The van der Waals surface area contributed by atoms with Crippen LogP contribution in [0.2, 0.25) is 0 Å². The summed E-state index contributed by atoms with van der Waals surface area (Å²) in [6.07, 6.45) is 15.6. The predicted molar refractivity (Wildman–Crippen MR) is 223 cm³/mol. The van der Waals surface area contributed by atoms with Gasteiger partial charge in [-0.1, -0.05) is 91.0 Å². The van der Waals surface area contributed by atoms with Gasteiger partial charge in [0.15, 0.2) is 0 Å². The SMILES string of the molecule is C1=Cc2nc1c(-c1ccccc1)c1ccc([n-]1)c(-c1ccncc1)c1nc(c(N(c3ccccc3)c3ccccc3)c3ccc([n-]3)c2-c2ccncc2)C=C1.[Pt+2]. The Bertz CT molecular complexity index is 2830. The number of rotatable bonds is 6. The summed E-state index contributed by atoms with van der Waals surface area (Å²) in [6.45, 7) is 0. The minimum absolute atomic E-state index is 0. The standard InChI is InChI=1S/C48H31N7.Pt/c1-4-10-32(11-5-1)45-37-16-18-39(51-37)46(33-24-28-49-29-25-33)41-20-22-43(53-41)48(55(35-12-6-2-7-13-35)36-14-8-3-9-15-36)44-23-21-42(54-44)47(34-26-30-50-31-27-34)40-19-17-38(45)52-40;/h1-31H;/q-2;+2. The second-order valence-electron chi connectivity index (χ2n) is 13.2. The number of aromatic nitrogens is 6. The van der Waals surface area contributed by atoms with Crippen molar-refractivity contribution in [2.75, 3.05) is 4.90 Å². The molecule has 8 bridgehead atoms. The fourth-order valence-electron chi connectivity index (χ4n) is 7.39. The van der Waals surface area contributed by atoms with E-state index in [-0.39, 0.29) is 21.1 Å². The summed E-state index contributed by atoms with van der Waals surface area (Å²) < 4.78 is 0. The van der Waals surface area contributed by atoms with Crippen molar-refractivity contribution in [3.8, 4) is 33.4 Å². The van der Waals surface area contributed by atoms with Gasteiger partial charge >= 0.3 is 21.1 Å². The number of nitrogens with zero attached hydrogens (tertiary/aromatic N) is 7. The molecule has 0 atom stereocenters. The zero-order chi connectivity index (χ0) is 36.6. The van der Waals surface area contributed by atoms with Gasteiger partial charge in [-0.3, -0.25) is 9.97 Å². The molecule has 0 spiro atoms. The van der Waals surface area contributed by atoms with E-state index in [1.807, 2.05) is 79.4 Å². The van der Waals surface area contributed by atoms with Crippen molar-refractivity contribution in [1.82, 2.24) is 29.9 Å². The van der Waals surface area contributed by atoms with Crippen LogP contribution in [-0.4, -0.2) is 19.9 Å². The van der Waals surface area contributed by atoms with E-state index >= 15 is 0 Å². The molecule has 8 heteroatoms. The summed E-state index contributed by atoms with van der Waals surface area (Å²) in [7, 11) is 0. The molecule has 3 aromatic carbocycles. The van der Waals surface area contributed by atoms with Crippen LogP contribution < -0.4 is 14.9 Å². The fraction of sp³-hybridized carbons (Fsp3) is 0. The fourth-order valence-corrected chi connectivity index (χ4v) is 7.39. The molecule has 0 saturated heterocycles. The third kappa shape index (κ3) is 6.38. The largest absolute Gasteiger partial charge is 2.00 e. The number of benzene rings is 3. The molecular weight excluding hydrogens is 870 g/mol. The molecule has 0 unspecified atom stereocenters. The maximum absolute atomic E-state index is 5.43. The summed E-state index contributed by atoms with van der Waals surface area (Å²) in [5.41, 5.74) is 14.9. The molecule has 0 amide bonds. The Morgan fingerprint density at radius 3 is 1.18 bits per heavy atom. The van der Waals surface area contributed by atoms with Gasteiger partial charge in [-0.05, 0) is 106 Å². The first kappa shape index (κ1) is 34.8. The van der Waals surface area contributed by atoms with Gasteiger partial charge in [-0.25, -0.2) is 9.97 Å². The van der Waals surface area contributed by atoms with Crippen molar-refractivity contribution in [3.63, 3.8) is 0 Å². The topological polar surface area (TPSA) is 83.0 Å². The zero-order valence-corrected chi connectivity index (χ0v) is 32.1. The Morgan fingerprint density at radius 1 is 0.357 bits per heavy atom. The molecule has 0 radical (unpaired) electrons. The number of anilines is 3. The van der Waals surface area contributed by atoms with Crippen LogP contribution in [-0.2, 0) is 21.1 Å². The van der Waals surface area contributed by atoms with Crippen LogP contribution in [0.1, 0.15) is 22.8 Å². The van der Waals surface area contributed by atoms with Crippen LogP contribution in [0.4, 0.5) is 17.1 Å². The van der Waals surface area contributed by atoms with Gasteiger partial charge < -0.3 is 14.9 Å². The van der Waals surface area contributed by atoms with Gasteiger partial charge in [0.05, 0.1) is 28.5 Å². The van der Waals surface area contributed by atoms with Crippen LogP contribution in [0.5, 0.6) is 0 Å². The molecule has 5 aromatic heterocycles. The number of hydrogen-bond donors (Lipinski definition) is 0. The van der Waals surface area contributed by atoms with E-state index < -0.39 is 0 Å². The molecule has 7 nitrogen and oxygen atoms in total. The number of hydrogen-bond acceptors (Lipinski definition) is 5. The van der Waals surface area contributed by atoms with Gasteiger partial charge in [0.25, 0.3) is 0 Å². The molecule has 2 aliphatic heterocycles. The van der Waals surface area contributed by atoms with Crippen molar-refractivity contribution in [3.05, 3.63) is 187 Å². The Labute approximate surface area is 338 Å². The zero-order valence-electron chi connectivity index (χ0n) is 29.8. The summed E-state index contributed by atoms with van der Waals surface area (Å²) in [5, 5.41) is 0. The average molecular weight is 901 g/mol. The van der Waals surface area contributed by atoms with Crippen LogP contribution in [0.3, 0.4) is 0 Å². The van der Waals surface area contributed by atoms with Crippen molar-refractivity contribution in [1.29, 1.82) is 0 Å². The average Bonchev–Trinajstić information content (AvgIpc) is 4.09. The Morgan fingerprint density at radius 2 is 0.714 bits per heavy atom. The molecular formula is C48H31N7Pt. The quantitative estimate of drug-likeness (QED) is 0.164. The minimum Gasteiger partial charge on any atom is -0.657 e. The van der Waals surface area contributed by atoms with Gasteiger partial charge in [-0.15, -0.1) is 22.1 Å². The molecule has 2 aliphatic rings. The van der Waals surface area contributed by atoms with Crippen LogP contribution >= 0.6 is 0 Å². The summed E-state index contributed by atoms with van der Waals surface area (Å²) in [5.74, 6) is 0. The smallest absolute Gasteiger partial charge is 0.657 e. The third-order valence-electron chi connectivity index (χ3n) is 9.83. The first-order valence-electron chi connectivity index (χ1n) is 18.1. The van der Waals surface area contributed by atoms with E-state index in [2.05, 4.69) is 124 Å². The summed E-state index contributed by atoms with van der Waals surface area (Å²) >= 11 is 0. The number of fused-ring (bicyclic) bond motifs is 8. The van der Waals surface area contributed by atoms with Gasteiger partial charge in [-0.2, -0.15) is 0 Å². The molecule has 56 heavy (non-hydrogen) atoms. The molecule has 0 saturated carbocycles. The second-order valence-corrected chi connectivity index (χ2v) is 13.2. The van der Waals surface area contributed by atoms with E-state index in [1.54, 1.807) is 0 Å².